The number of primary amides is 1. The Morgan fingerprint density at radius 2 is 1.68 bits per heavy atom. The van der Waals surface area contributed by atoms with Crippen LogP contribution in [-0.4, -0.2) is 29.3 Å². The van der Waals surface area contributed by atoms with Crippen LogP contribution in [0.3, 0.4) is 0 Å². The Kier molecular flexibility index (Phi) is 7.70. The molecule has 0 fully saturated rings. The fourth-order valence-corrected chi connectivity index (χ4v) is 3.31. The summed E-state index contributed by atoms with van der Waals surface area (Å²) >= 11 is 0. The molecule has 160 valence electrons. The third-order valence-corrected chi connectivity index (χ3v) is 4.91. The van der Waals surface area contributed by atoms with Crippen molar-refractivity contribution in [2.45, 2.75) is 32.1 Å². The van der Waals surface area contributed by atoms with Crippen LogP contribution in [0.25, 0.3) is 10.8 Å². The molecule has 7 nitrogen and oxygen atoms in total. The molecule has 0 aliphatic heterocycles. The van der Waals surface area contributed by atoms with E-state index in [1.807, 2.05) is 42.5 Å². The summed E-state index contributed by atoms with van der Waals surface area (Å²) in [5.41, 5.74) is 6.45. The molecule has 0 aliphatic rings. The number of nitrogens with one attached hydrogen (secondary N) is 2. The minimum Gasteiger partial charge on any atom is -0.365 e. The number of pyridine rings is 1. The highest BCUT2D eigenvalue weighted by Gasteiger charge is 2.11. The largest absolute Gasteiger partial charge is 0.365 e. The van der Waals surface area contributed by atoms with Gasteiger partial charge in [0.2, 0.25) is 11.8 Å². The smallest absolute Gasteiger partial charge is 0.252 e. The summed E-state index contributed by atoms with van der Waals surface area (Å²) in [5.74, 6) is -0.688. The van der Waals surface area contributed by atoms with Crippen LogP contribution < -0.4 is 16.4 Å². The molecule has 0 atom stereocenters. The first-order valence-corrected chi connectivity index (χ1v) is 10.3. The predicted octanol–water partition coefficient (Wildman–Crippen LogP) is 3.19. The summed E-state index contributed by atoms with van der Waals surface area (Å²) in [5, 5.41) is 7.83. The molecular formula is C24H26N4O3. The van der Waals surface area contributed by atoms with E-state index in [4.69, 9.17) is 5.73 Å². The molecule has 31 heavy (non-hydrogen) atoms. The maximum absolute atomic E-state index is 12.2. The number of fused-ring (bicyclic) bond motifs is 1. The minimum absolute atomic E-state index is 0.0119. The van der Waals surface area contributed by atoms with E-state index >= 15 is 0 Å². The first-order valence-electron chi connectivity index (χ1n) is 10.3. The summed E-state index contributed by atoms with van der Waals surface area (Å²) in [7, 11) is 0. The third-order valence-electron chi connectivity index (χ3n) is 4.91. The fraction of sp³-hybridized carbons (Fsp3) is 0.250. The summed E-state index contributed by atoms with van der Waals surface area (Å²) < 4.78 is 0. The zero-order valence-corrected chi connectivity index (χ0v) is 17.3. The Morgan fingerprint density at radius 3 is 2.48 bits per heavy atom. The van der Waals surface area contributed by atoms with Crippen molar-refractivity contribution in [3.05, 3.63) is 71.9 Å². The summed E-state index contributed by atoms with van der Waals surface area (Å²) in [6.45, 7) is 0.570. The average molecular weight is 418 g/mol. The van der Waals surface area contributed by atoms with Gasteiger partial charge in [0.1, 0.15) is 5.82 Å². The SMILES string of the molecule is NC(=O)c1cccnc1NC(=O)CCCCCNC(=O)Cc1ccc2ccccc2c1. The van der Waals surface area contributed by atoms with E-state index in [0.29, 0.717) is 25.8 Å². The van der Waals surface area contributed by atoms with Crippen LogP contribution >= 0.6 is 0 Å². The van der Waals surface area contributed by atoms with Gasteiger partial charge in [-0.05, 0) is 41.3 Å². The summed E-state index contributed by atoms with van der Waals surface area (Å²) in [6, 6.07) is 17.2. The lowest BCUT2D eigenvalue weighted by atomic mass is 10.0. The fourth-order valence-electron chi connectivity index (χ4n) is 3.31. The molecule has 0 saturated heterocycles. The van der Waals surface area contributed by atoms with Crippen LogP contribution in [0.15, 0.2) is 60.8 Å². The van der Waals surface area contributed by atoms with Crippen LogP contribution in [-0.2, 0) is 16.0 Å². The molecule has 3 rings (SSSR count). The number of hydrogen-bond acceptors (Lipinski definition) is 4. The van der Waals surface area contributed by atoms with Crippen molar-refractivity contribution < 1.29 is 14.4 Å². The van der Waals surface area contributed by atoms with Crippen LogP contribution in [0.2, 0.25) is 0 Å². The lowest BCUT2D eigenvalue weighted by molar-refractivity contribution is -0.120. The molecule has 0 aliphatic carbocycles. The number of carbonyl (C=O) groups excluding carboxylic acids is 3. The van der Waals surface area contributed by atoms with Crippen molar-refractivity contribution in [1.82, 2.24) is 10.3 Å². The van der Waals surface area contributed by atoms with Crippen LogP contribution in [0, 0.1) is 0 Å². The van der Waals surface area contributed by atoms with Crippen LogP contribution in [0.1, 0.15) is 41.6 Å². The molecule has 7 heteroatoms. The van der Waals surface area contributed by atoms with Gasteiger partial charge in [0.25, 0.3) is 5.91 Å². The predicted molar refractivity (Wildman–Crippen MR) is 121 cm³/mol. The molecule has 1 aromatic heterocycles. The summed E-state index contributed by atoms with van der Waals surface area (Å²) in [6.07, 6.45) is 4.40. The van der Waals surface area contributed by atoms with Crippen molar-refractivity contribution in [1.29, 1.82) is 0 Å². The maximum atomic E-state index is 12.2. The Hall–Kier alpha value is -3.74. The Labute approximate surface area is 181 Å². The van der Waals surface area contributed by atoms with E-state index in [1.54, 1.807) is 6.07 Å². The van der Waals surface area contributed by atoms with E-state index < -0.39 is 5.91 Å². The van der Waals surface area contributed by atoms with E-state index in [9.17, 15) is 14.4 Å². The lowest BCUT2D eigenvalue weighted by Gasteiger charge is -2.08. The Morgan fingerprint density at radius 1 is 0.871 bits per heavy atom. The first kappa shape index (κ1) is 22.0. The molecule has 0 bridgehead atoms. The van der Waals surface area contributed by atoms with Gasteiger partial charge >= 0.3 is 0 Å². The molecular weight excluding hydrogens is 392 g/mol. The van der Waals surface area contributed by atoms with E-state index in [2.05, 4.69) is 15.6 Å². The van der Waals surface area contributed by atoms with Gasteiger partial charge in [-0.15, -0.1) is 0 Å². The topological polar surface area (TPSA) is 114 Å². The molecule has 4 N–H and O–H groups in total. The molecule has 3 amide bonds. The number of nitrogens with zero attached hydrogens (tertiary/aromatic N) is 1. The van der Waals surface area contributed by atoms with Gasteiger partial charge in [-0.2, -0.15) is 0 Å². The van der Waals surface area contributed by atoms with Gasteiger partial charge in [0, 0.05) is 19.2 Å². The highest BCUT2D eigenvalue weighted by Crippen LogP contribution is 2.16. The Bertz CT molecular complexity index is 1080. The normalized spacial score (nSPS) is 10.6. The standard InChI is InChI=1S/C24H26N4O3/c25-23(31)20-9-6-14-27-24(20)28-21(29)10-2-1-5-13-26-22(30)16-17-11-12-18-7-3-4-8-19(18)15-17/h3-4,6-9,11-12,14-15H,1-2,5,10,13,16H2,(H2,25,31)(H,26,30)(H,27,28,29). The molecule has 0 radical (unpaired) electrons. The number of anilines is 1. The Balaban J connectivity index is 1.32. The molecule has 0 spiro atoms. The van der Waals surface area contributed by atoms with Gasteiger partial charge < -0.3 is 16.4 Å². The minimum atomic E-state index is -0.636. The van der Waals surface area contributed by atoms with E-state index in [1.165, 1.54) is 12.3 Å². The summed E-state index contributed by atoms with van der Waals surface area (Å²) in [4.78, 5) is 39.6. The number of unbranched alkanes of at least 4 members (excludes halogenated alkanes) is 2. The van der Waals surface area contributed by atoms with E-state index in [0.717, 1.165) is 29.2 Å². The van der Waals surface area contributed by atoms with Gasteiger partial charge in [0.15, 0.2) is 0 Å². The molecule has 2 aromatic carbocycles. The van der Waals surface area contributed by atoms with Crippen molar-refractivity contribution in [2.75, 3.05) is 11.9 Å². The zero-order valence-electron chi connectivity index (χ0n) is 17.3. The maximum Gasteiger partial charge on any atom is 0.252 e. The number of carbonyl (C=O) groups is 3. The second-order valence-electron chi connectivity index (χ2n) is 7.33. The van der Waals surface area contributed by atoms with Gasteiger partial charge in [-0.1, -0.05) is 48.9 Å². The van der Waals surface area contributed by atoms with Crippen molar-refractivity contribution in [2.24, 2.45) is 5.73 Å². The third kappa shape index (κ3) is 6.64. The first-order chi connectivity index (χ1) is 15.0. The van der Waals surface area contributed by atoms with Gasteiger partial charge in [-0.25, -0.2) is 4.98 Å². The lowest BCUT2D eigenvalue weighted by Crippen LogP contribution is -2.26. The number of hydrogen-bond donors (Lipinski definition) is 3. The second-order valence-corrected chi connectivity index (χ2v) is 7.33. The van der Waals surface area contributed by atoms with Crippen molar-refractivity contribution >= 4 is 34.3 Å². The molecule has 3 aromatic rings. The highest BCUT2D eigenvalue weighted by molar-refractivity contribution is 6.01. The highest BCUT2D eigenvalue weighted by atomic mass is 16.2. The van der Waals surface area contributed by atoms with Crippen molar-refractivity contribution in [3.63, 3.8) is 0 Å². The zero-order chi connectivity index (χ0) is 22.1. The van der Waals surface area contributed by atoms with Gasteiger partial charge in [0.05, 0.1) is 12.0 Å². The van der Waals surface area contributed by atoms with Crippen LogP contribution in [0.4, 0.5) is 5.82 Å². The molecule has 0 saturated carbocycles. The van der Waals surface area contributed by atoms with Crippen LogP contribution in [0.5, 0.6) is 0 Å². The van der Waals surface area contributed by atoms with Gasteiger partial charge in [-0.3, -0.25) is 14.4 Å². The second kappa shape index (κ2) is 10.9. The molecule has 1 heterocycles. The monoisotopic (exact) mass is 418 g/mol. The van der Waals surface area contributed by atoms with E-state index in [-0.39, 0.29) is 23.2 Å². The number of benzene rings is 2. The molecule has 0 unspecified atom stereocenters. The average Bonchev–Trinajstić information content (AvgIpc) is 2.76. The quantitative estimate of drug-likeness (QED) is 0.439. The van der Waals surface area contributed by atoms with Crippen molar-refractivity contribution in [3.8, 4) is 0 Å². The number of nitrogens with two attached hydrogens (primary N) is 1. The number of aromatic nitrogens is 1. The number of rotatable bonds is 10. The number of amides is 3.